The number of carbonyl (C=O) groups excluding carboxylic acids is 2. The molecule has 0 heterocycles. The first-order valence-corrected chi connectivity index (χ1v) is 8.64. The molecule has 0 saturated heterocycles. The van der Waals surface area contributed by atoms with Crippen LogP contribution in [-0.2, 0) is 9.59 Å². The van der Waals surface area contributed by atoms with Gasteiger partial charge in [0.25, 0.3) is 0 Å². The van der Waals surface area contributed by atoms with Gasteiger partial charge in [-0.25, -0.2) is 0 Å². The fraction of sp³-hybridized carbons (Fsp3) is 0.238. The highest BCUT2D eigenvalue weighted by atomic mass is 35.5. The Kier molecular flexibility index (Phi) is 6.98. The zero-order valence-corrected chi connectivity index (χ0v) is 15.6. The van der Waals surface area contributed by atoms with E-state index in [4.69, 9.17) is 16.3 Å². The van der Waals surface area contributed by atoms with E-state index in [9.17, 15) is 9.59 Å². The van der Waals surface area contributed by atoms with Crippen molar-refractivity contribution < 1.29 is 14.3 Å². The molecule has 2 aromatic carbocycles. The maximum absolute atomic E-state index is 12.4. The van der Waals surface area contributed by atoms with Crippen molar-refractivity contribution in [2.75, 3.05) is 13.7 Å². The van der Waals surface area contributed by atoms with Gasteiger partial charge in [-0.15, -0.1) is 0 Å². The Bertz CT molecular complexity index is 789. The number of ether oxygens (including phenoxy) is 1. The van der Waals surface area contributed by atoms with Crippen LogP contribution in [0, 0.1) is 5.92 Å². The average Bonchev–Trinajstić information content (AvgIpc) is 2.65. The number of carbonyl (C=O) groups is 2. The van der Waals surface area contributed by atoms with Gasteiger partial charge in [-0.05, 0) is 36.3 Å². The lowest BCUT2D eigenvalue weighted by Gasteiger charge is -2.27. The molecule has 0 aliphatic carbocycles. The van der Waals surface area contributed by atoms with Crippen molar-refractivity contribution in [2.24, 2.45) is 5.92 Å². The first-order chi connectivity index (χ1) is 12.5. The average molecular weight is 372 g/mol. The second-order valence-corrected chi connectivity index (χ2v) is 6.36. The summed E-state index contributed by atoms with van der Waals surface area (Å²) in [6, 6.07) is 15.2. The number of nitrogens with one attached hydrogen (secondary N) is 1. The Morgan fingerprint density at radius 2 is 1.88 bits per heavy atom. The summed E-state index contributed by atoms with van der Waals surface area (Å²) in [5.41, 5.74) is 1.86. The number of methoxy groups -OCH3 is 1. The summed E-state index contributed by atoms with van der Waals surface area (Å²) in [7, 11) is 1.55. The van der Waals surface area contributed by atoms with Crippen LogP contribution in [0.4, 0.5) is 0 Å². The highest BCUT2D eigenvalue weighted by molar-refractivity contribution is 6.32. The van der Waals surface area contributed by atoms with Crippen LogP contribution in [-0.4, -0.2) is 25.3 Å². The van der Waals surface area contributed by atoms with Crippen molar-refractivity contribution in [3.8, 4) is 5.75 Å². The predicted octanol–water partition coefficient (Wildman–Crippen LogP) is 3.99. The Balaban J connectivity index is 2.48. The van der Waals surface area contributed by atoms with E-state index in [2.05, 4.69) is 11.9 Å². The maximum Gasteiger partial charge on any atom is 0.243 e. The van der Waals surface area contributed by atoms with Crippen LogP contribution >= 0.6 is 11.6 Å². The van der Waals surface area contributed by atoms with Crippen LogP contribution in [0.3, 0.4) is 0 Å². The molecular weight excluding hydrogens is 350 g/mol. The van der Waals surface area contributed by atoms with Gasteiger partial charge < -0.3 is 10.1 Å². The zero-order valence-electron chi connectivity index (χ0n) is 14.9. The zero-order chi connectivity index (χ0) is 19.1. The van der Waals surface area contributed by atoms with Crippen molar-refractivity contribution in [2.45, 2.75) is 12.8 Å². The SMILES string of the molecule is C=CC(=O)NCC(C(C)=O)C(c1ccccc1)c1ccc(OC)c(Cl)c1. The van der Waals surface area contributed by atoms with Crippen LogP contribution in [0.2, 0.25) is 5.02 Å². The van der Waals surface area contributed by atoms with Crippen LogP contribution in [0.25, 0.3) is 0 Å². The molecule has 1 N–H and O–H groups in total. The molecule has 2 atom stereocenters. The number of rotatable bonds is 8. The largest absolute Gasteiger partial charge is 0.495 e. The van der Waals surface area contributed by atoms with E-state index >= 15 is 0 Å². The number of benzene rings is 2. The lowest BCUT2D eigenvalue weighted by atomic mass is 9.78. The van der Waals surface area contributed by atoms with Crippen molar-refractivity contribution >= 4 is 23.3 Å². The highest BCUT2D eigenvalue weighted by Gasteiger charge is 2.29. The third kappa shape index (κ3) is 4.73. The lowest BCUT2D eigenvalue weighted by molar-refractivity contribution is -0.121. The number of halogens is 1. The number of hydrogen-bond donors (Lipinski definition) is 1. The molecule has 2 aromatic rings. The summed E-state index contributed by atoms with van der Waals surface area (Å²) in [5.74, 6) is -0.444. The lowest BCUT2D eigenvalue weighted by Crippen LogP contribution is -2.35. The second kappa shape index (κ2) is 9.20. The molecule has 2 rings (SSSR count). The van der Waals surface area contributed by atoms with Gasteiger partial charge >= 0.3 is 0 Å². The highest BCUT2D eigenvalue weighted by Crippen LogP contribution is 2.36. The minimum absolute atomic E-state index is 0.0184. The molecule has 0 saturated carbocycles. The van der Waals surface area contributed by atoms with Crippen LogP contribution < -0.4 is 10.1 Å². The van der Waals surface area contributed by atoms with Gasteiger partial charge in [0.2, 0.25) is 5.91 Å². The molecule has 2 unspecified atom stereocenters. The summed E-state index contributed by atoms with van der Waals surface area (Å²) in [6.45, 7) is 5.19. The summed E-state index contributed by atoms with van der Waals surface area (Å²) in [4.78, 5) is 24.0. The molecule has 1 amide bonds. The molecule has 0 aliphatic rings. The van der Waals surface area contributed by atoms with Crippen molar-refractivity contribution in [1.29, 1.82) is 0 Å². The van der Waals surface area contributed by atoms with E-state index in [-0.39, 0.29) is 24.2 Å². The summed E-state index contributed by atoms with van der Waals surface area (Å²) < 4.78 is 5.22. The smallest absolute Gasteiger partial charge is 0.243 e. The van der Waals surface area contributed by atoms with Crippen LogP contribution in [0.15, 0.2) is 61.2 Å². The molecule has 0 aromatic heterocycles. The van der Waals surface area contributed by atoms with Crippen molar-refractivity contribution in [1.82, 2.24) is 5.32 Å². The molecule has 0 fully saturated rings. The first kappa shape index (κ1) is 19.7. The normalized spacial score (nSPS) is 12.7. The molecule has 5 heteroatoms. The molecule has 136 valence electrons. The standard InChI is InChI=1S/C21H22ClNO3/c1-4-20(25)23-13-17(14(2)24)21(15-8-6-5-7-9-15)16-10-11-19(26-3)18(22)12-16/h4-12,17,21H,1,13H2,2-3H3,(H,23,25). The molecule has 0 spiro atoms. The Hall–Kier alpha value is -2.59. The molecule has 0 bridgehead atoms. The van der Waals surface area contributed by atoms with E-state index in [1.165, 1.54) is 13.0 Å². The van der Waals surface area contributed by atoms with Gasteiger partial charge in [-0.2, -0.15) is 0 Å². The fourth-order valence-electron chi connectivity index (χ4n) is 2.97. The molecular formula is C21H22ClNO3. The molecule has 4 nitrogen and oxygen atoms in total. The van der Waals surface area contributed by atoms with Crippen molar-refractivity contribution in [3.05, 3.63) is 77.3 Å². The first-order valence-electron chi connectivity index (χ1n) is 8.27. The topological polar surface area (TPSA) is 55.4 Å². The molecule has 0 aliphatic heterocycles. The van der Waals surface area contributed by atoms with E-state index < -0.39 is 5.92 Å². The van der Waals surface area contributed by atoms with Crippen LogP contribution in [0.5, 0.6) is 5.75 Å². The Labute approximate surface area is 158 Å². The van der Waals surface area contributed by atoms with Gasteiger partial charge in [0.05, 0.1) is 12.1 Å². The molecule has 26 heavy (non-hydrogen) atoms. The van der Waals surface area contributed by atoms with Gasteiger partial charge in [-0.3, -0.25) is 9.59 Å². The number of Topliss-reactive ketones (excluding diaryl/α,β-unsaturated/α-hetero) is 1. The van der Waals surface area contributed by atoms with Gasteiger partial charge in [0, 0.05) is 18.4 Å². The van der Waals surface area contributed by atoms with Gasteiger partial charge in [0.1, 0.15) is 11.5 Å². The third-order valence-corrected chi connectivity index (χ3v) is 4.60. The fourth-order valence-corrected chi connectivity index (χ4v) is 3.24. The van der Waals surface area contributed by atoms with E-state index in [0.29, 0.717) is 10.8 Å². The van der Waals surface area contributed by atoms with E-state index in [1.807, 2.05) is 42.5 Å². The monoisotopic (exact) mass is 371 g/mol. The Morgan fingerprint density at radius 3 is 2.42 bits per heavy atom. The Morgan fingerprint density at radius 1 is 1.19 bits per heavy atom. The van der Waals surface area contributed by atoms with E-state index in [1.54, 1.807) is 13.2 Å². The predicted molar refractivity (Wildman–Crippen MR) is 104 cm³/mol. The van der Waals surface area contributed by atoms with Crippen LogP contribution in [0.1, 0.15) is 24.0 Å². The maximum atomic E-state index is 12.4. The van der Waals surface area contributed by atoms with Crippen molar-refractivity contribution in [3.63, 3.8) is 0 Å². The minimum atomic E-state index is -0.439. The van der Waals surface area contributed by atoms with Gasteiger partial charge in [-0.1, -0.05) is 54.6 Å². The number of ketones is 1. The third-order valence-electron chi connectivity index (χ3n) is 4.30. The summed E-state index contributed by atoms with van der Waals surface area (Å²) >= 11 is 6.30. The van der Waals surface area contributed by atoms with Gasteiger partial charge in [0.15, 0.2) is 0 Å². The summed E-state index contributed by atoms with van der Waals surface area (Å²) in [5, 5.41) is 3.21. The number of hydrogen-bond acceptors (Lipinski definition) is 3. The quantitative estimate of drug-likeness (QED) is 0.714. The summed E-state index contributed by atoms with van der Waals surface area (Å²) in [6.07, 6.45) is 1.19. The minimum Gasteiger partial charge on any atom is -0.495 e. The van der Waals surface area contributed by atoms with E-state index in [0.717, 1.165) is 11.1 Å². The second-order valence-electron chi connectivity index (χ2n) is 5.95. The number of amides is 1. The molecule has 0 radical (unpaired) electrons.